The molecule has 784 valence electrons. The highest BCUT2D eigenvalue weighted by molar-refractivity contribution is 6.09. The van der Waals surface area contributed by atoms with Crippen molar-refractivity contribution in [2.45, 2.75) is 516 Å². The molecule has 0 saturated heterocycles. The van der Waals surface area contributed by atoms with Crippen LogP contribution in [0.25, 0.3) is 0 Å². The standard InChI is InChI=1S/C19H30F2O2.C17H30F2O2.C15H22F2O2.C12H22O2.C11H20O2.2C10H18O2.C9H16O2.C8H14O2/c1-16(2)5-9-18(20,10-6-16)14(22)13-15(23)19(21)11-7-17(3,4)8-12-19;1-10(2)16(18,11(3)4)14(20)9-15(21)17(19,12(5)6)13(7)8;16-14(7-3-1-4-8-14)12(18)11-13(19)15(17)9-5-2-6-10-15;1-6-9(7-2)10(13)8-11(14)12(3,4)5;1-8(2)6-9(12)7-10(13)11(3,4)5;1-7(2)8(11)6-9(12)10(3,4)5;1-5-6-8(11)7-9(12)10(2,3)4;1-5-7(10)6-8(11)9(2,3)4;1-6(9)5-7(10)8(2,3)4/h5-13H2,1-4H3;10-13H,9H2,1-8H3;1-11H2;9H,6-8H2,1-5H3;8H,6-7H2,1-5H3;7H,6H2,1-5H3;5-7H2,1-4H3;5-6H2,1-4H3;5H2,1-4H3. The predicted octanol–water partition coefficient (Wildman–Crippen LogP) is 27.3. The minimum absolute atomic E-state index is 0.0139. The summed E-state index contributed by atoms with van der Waals surface area (Å²) in [6.07, 6.45) is 11.2. The molecule has 18 nitrogen and oxygen atoms in total. The van der Waals surface area contributed by atoms with E-state index in [0.29, 0.717) is 76.5 Å². The van der Waals surface area contributed by atoms with Crippen molar-refractivity contribution < 1.29 is 113 Å². The lowest BCUT2D eigenvalue weighted by molar-refractivity contribution is -0.147. The van der Waals surface area contributed by atoms with Crippen molar-refractivity contribution in [1.29, 1.82) is 0 Å². The first-order valence-electron chi connectivity index (χ1n) is 50.2. The van der Waals surface area contributed by atoms with E-state index in [1.807, 2.05) is 173 Å². The topological polar surface area (TPSA) is 307 Å². The second kappa shape index (κ2) is 59.4. The Hall–Kier alpha value is -6.36. The largest absolute Gasteiger partial charge is 0.300 e. The molecule has 0 radical (unpaired) electrons. The van der Waals surface area contributed by atoms with Crippen LogP contribution in [-0.4, -0.2) is 138 Å². The van der Waals surface area contributed by atoms with E-state index in [0.717, 1.165) is 32.1 Å². The summed E-state index contributed by atoms with van der Waals surface area (Å²) in [5.74, 6) is -5.77. The minimum Gasteiger partial charge on any atom is -0.300 e. The maximum Gasteiger partial charge on any atom is 0.177 e. The third kappa shape index (κ3) is 53.2. The average Bonchev–Trinajstić information content (AvgIpc) is 0.805. The molecule has 0 N–H and O–H groups in total. The zero-order valence-corrected chi connectivity index (χ0v) is 92.0. The summed E-state index contributed by atoms with van der Waals surface area (Å²) in [4.78, 5) is 208. The Balaban J connectivity index is -0.000000476. The van der Waals surface area contributed by atoms with Gasteiger partial charge in [0.25, 0.3) is 0 Å². The molecule has 0 aromatic heterocycles. The second-order valence-electron chi connectivity index (χ2n) is 48.3. The molecule has 0 aromatic rings. The van der Waals surface area contributed by atoms with Gasteiger partial charge in [0.2, 0.25) is 0 Å². The molecule has 0 unspecified atom stereocenters. The van der Waals surface area contributed by atoms with Crippen LogP contribution >= 0.6 is 0 Å². The summed E-state index contributed by atoms with van der Waals surface area (Å²) in [6.45, 7) is 70.9. The number of rotatable bonds is 37. The lowest BCUT2D eigenvalue weighted by Gasteiger charge is -2.39. The van der Waals surface area contributed by atoms with E-state index < -0.39 is 112 Å². The normalized spacial score (nSPS) is 16.7. The lowest BCUT2D eigenvalue weighted by Crippen LogP contribution is -2.50. The number of carbonyl (C=O) groups excluding carboxylic acids is 18. The molecule has 0 amide bonds. The summed E-state index contributed by atoms with van der Waals surface area (Å²) in [7, 11) is 0. The van der Waals surface area contributed by atoms with Gasteiger partial charge in [0.15, 0.2) is 68.7 Å². The Morgan fingerprint density at radius 3 is 0.733 bits per heavy atom. The number of hydrogen-bond acceptors (Lipinski definition) is 18. The van der Waals surface area contributed by atoms with Crippen molar-refractivity contribution in [3.05, 3.63) is 0 Å². The molecule has 135 heavy (non-hydrogen) atoms. The first-order valence-corrected chi connectivity index (χ1v) is 50.2. The van der Waals surface area contributed by atoms with Gasteiger partial charge in [0.1, 0.15) is 69.4 Å². The average molecular weight is 1930 g/mol. The van der Waals surface area contributed by atoms with Crippen LogP contribution in [0.3, 0.4) is 0 Å². The Morgan fingerprint density at radius 2 is 0.519 bits per heavy atom. The van der Waals surface area contributed by atoms with Gasteiger partial charge < -0.3 is 0 Å². The molecule has 24 heteroatoms. The summed E-state index contributed by atoms with van der Waals surface area (Å²) in [5.41, 5.74) is -14.0. The SMILES string of the molecule is CC(=O)CC(=O)C(C)(C)C.CC(C)C(=O)CC(=O)C(C)(C)C.CC(C)C(F)(C(=O)CC(=O)C(F)(C(C)C)C(C)C)C(C)C.CC(C)CC(=O)CC(=O)C(C)(C)C.CC1(C)CCC(F)(C(=O)CC(=O)C2(F)CCC(C)(C)CC2)CC1.CCC(=O)CC(=O)C(C)(C)C.CCC(CC)C(=O)CC(=O)C(C)(C)C.CCCC(=O)CC(=O)C(C)(C)C.O=C(CC(=O)C1(F)CCCCC1)C1(F)CCCCC1. The van der Waals surface area contributed by atoms with Crippen molar-refractivity contribution in [2.24, 2.45) is 84.7 Å². The number of carbonyl (C=O) groups is 18. The fraction of sp³-hybridized carbons (Fsp3) is 0.838. The molecule has 0 heterocycles. The number of Topliss-reactive ketones (excluding diaryl/α,β-unsaturated/α-hetero) is 18. The van der Waals surface area contributed by atoms with Crippen LogP contribution in [0.4, 0.5) is 26.3 Å². The van der Waals surface area contributed by atoms with Crippen LogP contribution in [0.2, 0.25) is 0 Å². The van der Waals surface area contributed by atoms with Crippen LogP contribution in [-0.2, 0) is 86.3 Å². The molecule has 0 aromatic carbocycles. The molecule has 4 aliphatic carbocycles. The highest BCUT2D eigenvalue weighted by Gasteiger charge is 2.53. The fourth-order valence-electron chi connectivity index (χ4n) is 14.7. The van der Waals surface area contributed by atoms with Gasteiger partial charge in [-0.2, -0.15) is 0 Å². The molecule has 0 atom stereocenters. The molecule has 0 aliphatic heterocycles. The van der Waals surface area contributed by atoms with Crippen LogP contribution in [0.5, 0.6) is 0 Å². The maximum atomic E-state index is 15.0. The second-order valence-corrected chi connectivity index (χ2v) is 48.3. The van der Waals surface area contributed by atoms with E-state index in [1.54, 1.807) is 62.3 Å². The number of ketones is 18. The van der Waals surface area contributed by atoms with Crippen molar-refractivity contribution >= 4 is 104 Å². The summed E-state index contributed by atoms with van der Waals surface area (Å²) >= 11 is 0. The molecular weight excluding hydrogens is 1740 g/mol. The quantitative estimate of drug-likeness (QED) is 0.0412. The van der Waals surface area contributed by atoms with E-state index >= 15 is 0 Å². The van der Waals surface area contributed by atoms with Crippen molar-refractivity contribution in [2.75, 3.05) is 0 Å². The molecule has 0 spiro atoms. The van der Waals surface area contributed by atoms with Gasteiger partial charge in [-0.25, -0.2) is 26.3 Å². The number of halogens is 6. The third-order valence-electron chi connectivity index (χ3n) is 26.1. The van der Waals surface area contributed by atoms with Crippen LogP contribution < -0.4 is 0 Å². The smallest absolute Gasteiger partial charge is 0.177 e. The summed E-state index contributed by atoms with van der Waals surface area (Å²) < 4.78 is 88.4. The first-order chi connectivity index (χ1) is 60.6. The molecule has 4 saturated carbocycles. The Kier molecular flexibility index (Phi) is 60.3. The molecule has 4 fully saturated rings. The molecule has 4 aliphatic rings. The minimum atomic E-state index is -2.09. The van der Waals surface area contributed by atoms with Crippen LogP contribution in [0, 0.1) is 84.7 Å². The predicted molar refractivity (Wildman–Crippen MR) is 531 cm³/mol. The monoisotopic (exact) mass is 1930 g/mol. The summed E-state index contributed by atoms with van der Waals surface area (Å²) in [6, 6.07) is 0. The zero-order chi connectivity index (χ0) is 108. The first kappa shape index (κ1) is 137. The Labute approximate surface area is 813 Å². The Bertz CT molecular complexity index is 3690. The number of alkyl halides is 6. The molecule has 0 bridgehead atoms. The summed E-state index contributed by atoms with van der Waals surface area (Å²) in [5, 5.41) is 0. The molecular formula is C111H190F6O18. The fourth-order valence-corrected chi connectivity index (χ4v) is 14.7. The Morgan fingerprint density at radius 1 is 0.281 bits per heavy atom. The van der Waals surface area contributed by atoms with E-state index in [2.05, 4.69) is 27.7 Å². The maximum absolute atomic E-state index is 15.0. The van der Waals surface area contributed by atoms with Gasteiger partial charge in [0, 0.05) is 63.6 Å². The van der Waals surface area contributed by atoms with Crippen LogP contribution in [0.1, 0.15) is 482 Å². The van der Waals surface area contributed by atoms with Crippen molar-refractivity contribution in [3.63, 3.8) is 0 Å². The van der Waals surface area contributed by atoms with E-state index in [9.17, 15) is 113 Å². The van der Waals surface area contributed by atoms with Gasteiger partial charge in [-0.3, -0.25) is 86.3 Å². The van der Waals surface area contributed by atoms with Gasteiger partial charge in [-0.05, 0) is 169 Å². The highest BCUT2D eigenvalue weighted by Crippen LogP contribution is 2.47. The van der Waals surface area contributed by atoms with E-state index in [-0.39, 0.29) is 214 Å². The third-order valence-corrected chi connectivity index (χ3v) is 26.1. The lowest BCUT2D eigenvalue weighted by atomic mass is 9.68. The molecule has 4 rings (SSSR count). The highest BCUT2D eigenvalue weighted by atomic mass is 19.2. The zero-order valence-electron chi connectivity index (χ0n) is 92.0. The van der Waals surface area contributed by atoms with Crippen molar-refractivity contribution in [1.82, 2.24) is 0 Å². The van der Waals surface area contributed by atoms with Gasteiger partial charge in [-0.1, -0.05) is 276 Å². The van der Waals surface area contributed by atoms with E-state index in [1.165, 1.54) is 6.92 Å². The van der Waals surface area contributed by atoms with E-state index in [4.69, 9.17) is 0 Å². The van der Waals surface area contributed by atoms with Gasteiger partial charge in [-0.15, -0.1) is 0 Å². The number of hydrogen-bond donors (Lipinski definition) is 0. The van der Waals surface area contributed by atoms with Crippen LogP contribution in [0.15, 0.2) is 0 Å². The van der Waals surface area contributed by atoms with Crippen molar-refractivity contribution in [3.8, 4) is 0 Å². The van der Waals surface area contributed by atoms with Gasteiger partial charge >= 0.3 is 0 Å². The van der Waals surface area contributed by atoms with Gasteiger partial charge in [0.05, 0.1) is 57.8 Å².